The number of hydrogen-bond acceptors (Lipinski definition) is 6. The van der Waals surface area contributed by atoms with E-state index in [0.29, 0.717) is 56.0 Å². The van der Waals surface area contributed by atoms with Crippen LogP contribution in [0.3, 0.4) is 0 Å². The van der Waals surface area contributed by atoms with Crippen LogP contribution in [-0.2, 0) is 28.7 Å². The zero-order valence-electron chi connectivity index (χ0n) is 36.7. The second kappa shape index (κ2) is 41.4. The molecule has 6 heteroatoms. The number of rotatable bonds is 42. The molecule has 320 valence electrons. The first kappa shape index (κ1) is 52.8. The van der Waals surface area contributed by atoms with Gasteiger partial charge in [-0.3, -0.25) is 19.2 Å². The third kappa shape index (κ3) is 41.2. The fraction of sp³-hybridized carbons (Fsp3) is 0.837. The summed E-state index contributed by atoms with van der Waals surface area (Å²) in [7, 11) is 1.45. The Kier molecular flexibility index (Phi) is 39.7. The van der Waals surface area contributed by atoms with Crippen molar-refractivity contribution in [1.29, 1.82) is 0 Å². The molecule has 0 aliphatic carbocycles. The summed E-state index contributed by atoms with van der Waals surface area (Å²) in [5, 5.41) is 0. The SMILES string of the molecule is CCCCCCC(C/C=C\CCCCCCCCC(=O)OC)OC(=O)CCCCCCC/C=C/CCCCCCCCC(=O)CCCCC(=O)CCC(C)C. The number of carbonyl (C=O) groups excluding carboxylic acids is 4. The first-order valence-corrected chi connectivity index (χ1v) is 23.4. The smallest absolute Gasteiger partial charge is 0.306 e. The Morgan fingerprint density at radius 2 is 0.836 bits per heavy atom. The number of carbonyl (C=O) groups is 4. The second-order valence-corrected chi connectivity index (χ2v) is 16.6. The molecule has 0 amide bonds. The third-order valence-corrected chi connectivity index (χ3v) is 10.6. The van der Waals surface area contributed by atoms with E-state index < -0.39 is 0 Å². The zero-order valence-corrected chi connectivity index (χ0v) is 36.7. The molecule has 0 aliphatic heterocycles. The predicted octanol–water partition coefficient (Wildman–Crippen LogP) is 14.7. The van der Waals surface area contributed by atoms with Crippen molar-refractivity contribution in [3.63, 3.8) is 0 Å². The summed E-state index contributed by atoms with van der Waals surface area (Å²) in [5.74, 6) is 1.18. The van der Waals surface area contributed by atoms with E-state index in [2.05, 4.69) is 45.1 Å². The zero-order chi connectivity index (χ0) is 40.5. The lowest BCUT2D eigenvalue weighted by molar-refractivity contribution is -0.149. The lowest BCUT2D eigenvalue weighted by Crippen LogP contribution is -2.17. The van der Waals surface area contributed by atoms with Crippen molar-refractivity contribution in [2.75, 3.05) is 7.11 Å². The molecule has 0 bridgehead atoms. The van der Waals surface area contributed by atoms with Gasteiger partial charge in [-0.25, -0.2) is 0 Å². The normalized spacial score (nSPS) is 12.2. The van der Waals surface area contributed by atoms with Crippen molar-refractivity contribution in [3.05, 3.63) is 24.3 Å². The summed E-state index contributed by atoms with van der Waals surface area (Å²) >= 11 is 0. The molecule has 0 aromatic heterocycles. The van der Waals surface area contributed by atoms with Crippen LogP contribution in [-0.4, -0.2) is 36.7 Å². The lowest BCUT2D eigenvalue weighted by atomic mass is 10.0. The molecule has 0 aromatic rings. The maximum Gasteiger partial charge on any atom is 0.306 e. The fourth-order valence-corrected chi connectivity index (χ4v) is 6.91. The van der Waals surface area contributed by atoms with Crippen LogP contribution >= 0.6 is 0 Å². The van der Waals surface area contributed by atoms with Crippen molar-refractivity contribution in [2.24, 2.45) is 5.92 Å². The van der Waals surface area contributed by atoms with Crippen LogP contribution in [0.2, 0.25) is 0 Å². The quantitative estimate of drug-likeness (QED) is 0.0349. The van der Waals surface area contributed by atoms with E-state index in [9.17, 15) is 19.2 Å². The molecule has 0 saturated carbocycles. The van der Waals surface area contributed by atoms with Gasteiger partial charge in [-0.2, -0.15) is 0 Å². The van der Waals surface area contributed by atoms with Gasteiger partial charge < -0.3 is 9.47 Å². The Labute approximate surface area is 340 Å². The van der Waals surface area contributed by atoms with E-state index in [1.807, 2.05) is 0 Å². The molecule has 0 aromatic carbocycles. The Bertz CT molecular complexity index is 966. The minimum atomic E-state index is -0.107. The van der Waals surface area contributed by atoms with E-state index >= 15 is 0 Å². The standard InChI is InChI=1S/C49H88O6/c1-5-6-7-29-38-47(39-30-25-21-17-15-19-22-26-31-40-48(52)54-4)55-49(53)41-32-27-23-18-14-12-10-8-9-11-13-16-20-24-28-35-45(50)36-33-34-37-46(51)43-42-44(2)3/h8,10,25,30,44,47H,5-7,9,11-24,26-29,31-43H2,1-4H3/b10-8+,30-25-. The molecule has 6 nitrogen and oxygen atoms in total. The van der Waals surface area contributed by atoms with Gasteiger partial charge in [-0.05, 0) is 95.8 Å². The van der Waals surface area contributed by atoms with Crippen LogP contribution < -0.4 is 0 Å². The molecule has 55 heavy (non-hydrogen) atoms. The molecule has 0 fully saturated rings. The summed E-state index contributed by atoms with van der Waals surface area (Å²) in [6.07, 6.45) is 45.3. The third-order valence-electron chi connectivity index (χ3n) is 10.6. The number of ether oxygens (including phenoxy) is 2. The average Bonchev–Trinajstić information content (AvgIpc) is 3.17. The Balaban J connectivity index is 3.78. The average molecular weight is 773 g/mol. The Morgan fingerprint density at radius 3 is 1.33 bits per heavy atom. The topological polar surface area (TPSA) is 86.7 Å². The predicted molar refractivity (Wildman–Crippen MR) is 232 cm³/mol. The van der Waals surface area contributed by atoms with Crippen LogP contribution in [0.5, 0.6) is 0 Å². The van der Waals surface area contributed by atoms with Gasteiger partial charge in [0.15, 0.2) is 0 Å². The molecule has 0 rings (SSSR count). The van der Waals surface area contributed by atoms with Gasteiger partial charge in [-0.1, -0.05) is 135 Å². The van der Waals surface area contributed by atoms with E-state index in [0.717, 1.165) is 96.3 Å². The molecule has 0 radical (unpaired) electrons. The molecule has 0 aliphatic rings. The van der Waals surface area contributed by atoms with Crippen molar-refractivity contribution in [1.82, 2.24) is 0 Å². The van der Waals surface area contributed by atoms with Crippen LogP contribution in [0, 0.1) is 5.92 Å². The van der Waals surface area contributed by atoms with Gasteiger partial charge in [0.2, 0.25) is 0 Å². The molecule has 0 heterocycles. The second-order valence-electron chi connectivity index (χ2n) is 16.6. The summed E-state index contributed by atoms with van der Waals surface area (Å²) in [5.41, 5.74) is 0. The highest BCUT2D eigenvalue weighted by atomic mass is 16.5. The highest BCUT2D eigenvalue weighted by molar-refractivity contribution is 5.79. The number of unbranched alkanes of at least 4 members (excludes halogenated alkanes) is 21. The Hall–Kier alpha value is -2.24. The van der Waals surface area contributed by atoms with Crippen molar-refractivity contribution < 1.29 is 28.7 Å². The van der Waals surface area contributed by atoms with Crippen molar-refractivity contribution >= 4 is 23.5 Å². The van der Waals surface area contributed by atoms with Crippen LogP contribution in [0.4, 0.5) is 0 Å². The van der Waals surface area contributed by atoms with Crippen LogP contribution in [0.15, 0.2) is 24.3 Å². The minimum absolute atomic E-state index is 0.00844. The molecule has 0 N–H and O–H groups in total. The largest absolute Gasteiger partial charge is 0.469 e. The molecule has 0 spiro atoms. The summed E-state index contributed by atoms with van der Waals surface area (Å²) < 4.78 is 10.6. The first-order chi connectivity index (χ1) is 26.8. The van der Waals surface area contributed by atoms with E-state index in [4.69, 9.17) is 9.47 Å². The maximum absolute atomic E-state index is 12.6. The number of esters is 2. The van der Waals surface area contributed by atoms with Gasteiger partial charge in [0.1, 0.15) is 17.7 Å². The van der Waals surface area contributed by atoms with Crippen LogP contribution in [0.1, 0.15) is 245 Å². The first-order valence-electron chi connectivity index (χ1n) is 23.4. The van der Waals surface area contributed by atoms with Crippen molar-refractivity contribution in [2.45, 2.75) is 252 Å². The van der Waals surface area contributed by atoms with E-state index in [1.54, 1.807) is 0 Å². The number of allylic oxidation sites excluding steroid dienone is 3. The van der Waals surface area contributed by atoms with Crippen LogP contribution in [0.25, 0.3) is 0 Å². The molecule has 1 atom stereocenters. The van der Waals surface area contributed by atoms with Gasteiger partial charge >= 0.3 is 11.9 Å². The highest BCUT2D eigenvalue weighted by Crippen LogP contribution is 2.17. The maximum atomic E-state index is 12.6. The summed E-state index contributed by atoms with van der Waals surface area (Å²) in [4.78, 5) is 47.8. The molecule has 1 unspecified atom stereocenters. The fourth-order valence-electron chi connectivity index (χ4n) is 6.91. The number of methoxy groups -OCH3 is 1. The number of hydrogen-bond donors (Lipinski definition) is 0. The van der Waals surface area contributed by atoms with E-state index in [1.165, 1.54) is 97.0 Å². The number of ketones is 2. The van der Waals surface area contributed by atoms with Gasteiger partial charge in [-0.15, -0.1) is 0 Å². The minimum Gasteiger partial charge on any atom is -0.469 e. The molecule has 0 saturated heterocycles. The Morgan fingerprint density at radius 1 is 0.436 bits per heavy atom. The van der Waals surface area contributed by atoms with Gasteiger partial charge in [0.05, 0.1) is 7.11 Å². The van der Waals surface area contributed by atoms with Gasteiger partial charge in [0.25, 0.3) is 0 Å². The summed E-state index contributed by atoms with van der Waals surface area (Å²) in [6.45, 7) is 6.53. The highest BCUT2D eigenvalue weighted by Gasteiger charge is 2.13. The number of Topliss-reactive ketones (excluding diaryl/α,β-unsaturated/α-hetero) is 2. The molecular weight excluding hydrogens is 685 g/mol. The van der Waals surface area contributed by atoms with Gasteiger partial charge in [0, 0.05) is 44.9 Å². The summed E-state index contributed by atoms with van der Waals surface area (Å²) in [6, 6.07) is 0. The lowest BCUT2D eigenvalue weighted by Gasteiger charge is -2.16. The monoisotopic (exact) mass is 773 g/mol. The van der Waals surface area contributed by atoms with Crippen molar-refractivity contribution in [3.8, 4) is 0 Å². The molecular formula is C49H88O6. The van der Waals surface area contributed by atoms with E-state index in [-0.39, 0.29) is 18.0 Å².